The number of para-hydroxylation sites is 2. The number of hydrogen-bond acceptors (Lipinski definition) is 2. The molecule has 92 valence electrons. The molecule has 1 N–H and O–H groups in total. The Labute approximate surface area is 107 Å². The molecule has 17 heavy (non-hydrogen) atoms. The summed E-state index contributed by atoms with van der Waals surface area (Å²) < 4.78 is 0. The molecule has 0 spiro atoms. The van der Waals surface area contributed by atoms with Gasteiger partial charge in [0.2, 0.25) is 5.91 Å². The number of nitrogens with one attached hydrogen (secondary N) is 1. The fourth-order valence-electron chi connectivity index (χ4n) is 2.05. The van der Waals surface area contributed by atoms with Crippen molar-refractivity contribution in [2.24, 2.45) is 0 Å². The van der Waals surface area contributed by atoms with Crippen LogP contribution in [0.1, 0.15) is 19.8 Å². The molecule has 1 aromatic carbocycles. The molecule has 1 atom stereocenters. The Bertz CT molecular complexity index is 400. The Balaban J connectivity index is 2.18. The van der Waals surface area contributed by atoms with Gasteiger partial charge in [0.1, 0.15) is 5.38 Å². The zero-order valence-electron chi connectivity index (χ0n) is 9.95. The number of alkyl halides is 1. The minimum absolute atomic E-state index is 0.154. The van der Waals surface area contributed by atoms with Crippen LogP contribution in [0.3, 0.4) is 0 Å². The van der Waals surface area contributed by atoms with Crippen molar-refractivity contribution in [1.82, 2.24) is 0 Å². The van der Waals surface area contributed by atoms with E-state index in [0.29, 0.717) is 0 Å². The summed E-state index contributed by atoms with van der Waals surface area (Å²) in [5, 5.41) is 2.36. The van der Waals surface area contributed by atoms with Crippen molar-refractivity contribution in [3.63, 3.8) is 0 Å². The lowest BCUT2D eigenvalue weighted by atomic mass is 10.2. The number of halogens is 1. The Morgan fingerprint density at radius 2 is 2.00 bits per heavy atom. The Morgan fingerprint density at radius 3 is 2.65 bits per heavy atom. The van der Waals surface area contributed by atoms with Crippen LogP contribution in [0.2, 0.25) is 0 Å². The third-order valence-corrected chi connectivity index (χ3v) is 3.17. The normalized spacial score (nSPS) is 16.9. The van der Waals surface area contributed by atoms with Crippen molar-refractivity contribution in [1.29, 1.82) is 0 Å². The molecule has 1 aromatic rings. The molecule has 4 heteroatoms. The molecule has 0 saturated carbocycles. The van der Waals surface area contributed by atoms with E-state index in [1.807, 2.05) is 24.3 Å². The summed E-state index contributed by atoms with van der Waals surface area (Å²) in [6, 6.07) is 7.88. The summed E-state index contributed by atoms with van der Waals surface area (Å²) in [7, 11) is 0. The van der Waals surface area contributed by atoms with Gasteiger partial charge in [0.05, 0.1) is 11.4 Å². The predicted octanol–water partition coefficient (Wildman–Crippen LogP) is 2.85. The number of amides is 1. The molecular weight excluding hydrogens is 236 g/mol. The van der Waals surface area contributed by atoms with Crippen LogP contribution in [0.25, 0.3) is 0 Å². The zero-order chi connectivity index (χ0) is 12.3. The summed E-state index contributed by atoms with van der Waals surface area (Å²) in [6.45, 7) is 3.79. The predicted molar refractivity (Wildman–Crippen MR) is 71.8 cm³/mol. The molecule has 1 amide bonds. The van der Waals surface area contributed by atoms with E-state index in [9.17, 15) is 4.79 Å². The number of carbonyl (C=O) groups excluding carboxylic acids is 1. The van der Waals surface area contributed by atoms with Crippen molar-refractivity contribution < 1.29 is 4.79 Å². The third kappa shape index (κ3) is 2.91. The smallest absolute Gasteiger partial charge is 0.242 e. The van der Waals surface area contributed by atoms with Gasteiger partial charge in [-0.05, 0) is 31.9 Å². The van der Waals surface area contributed by atoms with E-state index in [1.165, 1.54) is 12.8 Å². The lowest BCUT2D eigenvalue weighted by Gasteiger charge is -2.21. The number of benzene rings is 1. The SMILES string of the molecule is CC(Cl)C(=O)Nc1ccccc1N1CCCC1. The lowest BCUT2D eigenvalue weighted by molar-refractivity contribution is -0.115. The Kier molecular flexibility index (Phi) is 3.89. The van der Waals surface area contributed by atoms with Crippen LogP contribution in [0, 0.1) is 0 Å². The maximum Gasteiger partial charge on any atom is 0.242 e. The van der Waals surface area contributed by atoms with Crippen LogP contribution in [0.15, 0.2) is 24.3 Å². The number of nitrogens with zero attached hydrogens (tertiary/aromatic N) is 1. The molecule has 0 aromatic heterocycles. The highest BCUT2D eigenvalue weighted by Crippen LogP contribution is 2.28. The van der Waals surface area contributed by atoms with Crippen LogP contribution >= 0.6 is 11.6 Å². The molecule has 0 radical (unpaired) electrons. The van der Waals surface area contributed by atoms with Gasteiger partial charge < -0.3 is 10.2 Å². The quantitative estimate of drug-likeness (QED) is 0.839. The summed E-state index contributed by atoms with van der Waals surface area (Å²) in [4.78, 5) is 13.9. The summed E-state index contributed by atoms with van der Waals surface area (Å²) in [6.07, 6.45) is 2.43. The zero-order valence-corrected chi connectivity index (χ0v) is 10.7. The molecule has 0 bridgehead atoms. The van der Waals surface area contributed by atoms with Crippen molar-refractivity contribution in [3.8, 4) is 0 Å². The number of carbonyl (C=O) groups is 1. The molecular formula is C13H17ClN2O. The first kappa shape index (κ1) is 12.2. The standard InChI is InChI=1S/C13H17ClN2O/c1-10(14)13(17)15-11-6-2-3-7-12(11)16-8-4-5-9-16/h2-3,6-7,10H,4-5,8-9H2,1H3,(H,15,17). The van der Waals surface area contributed by atoms with E-state index in [1.54, 1.807) is 6.92 Å². The first-order valence-electron chi connectivity index (χ1n) is 5.97. The van der Waals surface area contributed by atoms with Crippen LogP contribution in [0.4, 0.5) is 11.4 Å². The van der Waals surface area contributed by atoms with Crippen LogP contribution in [-0.2, 0) is 4.79 Å². The average Bonchev–Trinajstić information content (AvgIpc) is 2.83. The van der Waals surface area contributed by atoms with E-state index in [-0.39, 0.29) is 5.91 Å². The van der Waals surface area contributed by atoms with E-state index >= 15 is 0 Å². The highest BCUT2D eigenvalue weighted by Gasteiger charge is 2.17. The van der Waals surface area contributed by atoms with Gasteiger partial charge in [-0.1, -0.05) is 12.1 Å². The second-order valence-corrected chi connectivity index (χ2v) is 4.97. The summed E-state index contributed by atoms with van der Waals surface area (Å²) in [5.41, 5.74) is 1.95. The number of hydrogen-bond donors (Lipinski definition) is 1. The maximum absolute atomic E-state index is 11.6. The Morgan fingerprint density at radius 1 is 1.35 bits per heavy atom. The van der Waals surface area contributed by atoms with Gasteiger partial charge in [0.15, 0.2) is 0 Å². The van der Waals surface area contributed by atoms with Gasteiger partial charge in [-0.3, -0.25) is 4.79 Å². The molecule has 1 unspecified atom stereocenters. The van der Waals surface area contributed by atoms with Crippen molar-refractivity contribution >= 4 is 28.9 Å². The van der Waals surface area contributed by atoms with Crippen molar-refractivity contribution in [3.05, 3.63) is 24.3 Å². The summed E-state index contributed by atoms with van der Waals surface area (Å²) >= 11 is 5.76. The van der Waals surface area contributed by atoms with E-state index < -0.39 is 5.38 Å². The molecule has 0 aliphatic carbocycles. The van der Waals surface area contributed by atoms with E-state index in [2.05, 4.69) is 10.2 Å². The van der Waals surface area contributed by atoms with Gasteiger partial charge in [0.25, 0.3) is 0 Å². The van der Waals surface area contributed by atoms with Gasteiger partial charge in [-0.2, -0.15) is 0 Å². The largest absolute Gasteiger partial charge is 0.370 e. The minimum Gasteiger partial charge on any atom is -0.370 e. The number of rotatable bonds is 3. The molecule has 1 fully saturated rings. The second-order valence-electron chi connectivity index (χ2n) is 4.32. The average molecular weight is 253 g/mol. The topological polar surface area (TPSA) is 32.3 Å². The van der Waals surface area contributed by atoms with Crippen LogP contribution in [-0.4, -0.2) is 24.4 Å². The minimum atomic E-state index is -0.512. The third-order valence-electron chi connectivity index (χ3n) is 2.97. The lowest BCUT2D eigenvalue weighted by Crippen LogP contribution is -2.24. The first-order chi connectivity index (χ1) is 8.18. The molecule has 1 saturated heterocycles. The fraction of sp³-hybridized carbons (Fsp3) is 0.462. The monoisotopic (exact) mass is 252 g/mol. The maximum atomic E-state index is 11.6. The van der Waals surface area contributed by atoms with E-state index in [4.69, 9.17) is 11.6 Å². The molecule has 1 heterocycles. The molecule has 1 aliphatic rings. The highest BCUT2D eigenvalue weighted by atomic mass is 35.5. The molecule has 3 nitrogen and oxygen atoms in total. The Hall–Kier alpha value is -1.22. The molecule has 1 aliphatic heterocycles. The second kappa shape index (κ2) is 5.41. The van der Waals surface area contributed by atoms with Gasteiger partial charge in [-0.25, -0.2) is 0 Å². The van der Waals surface area contributed by atoms with Crippen molar-refractivity contribution in [2.45, 2.75) is 25.1 Å². The fourth-order valence-corrected chi connectivity index (χ4v) is 2.10. The van der Waals surface area contributed by atoms with Gasteiger partial charge in [-0.15, -0.1) is 11.6 Å². The first-order valence-corrected chi connectivity index (χ1v) is 6.41. The summed E-state index contributed by atoms with van der Waals surface area (Å²) in [5.74, 6) is -0.154. The van der Waals surface area contributed by atoms with E-state index in [0.717, 1.165) is 24.5 Å². The number of anilines is 2. The highest BCUT2D eigenvalue weighted by molar-refractivity contribution is 6.32. The van der Waals surface area contributed by atoms with Crippen LogP contribution < -0.4 is 10.2 Å². The van der Waals surface area contributed by atoms with Crippen molar-refractivity contribution in [2.75, 3.05) is 23.3 Å². The van der Waals surface area contributed by atoms with Gasteiger partial charge >= 0.3 is 0 Å². The van der Waals surface area contributed by atoms with Crippen LogP contribution in [0.5, 0.6) is 0 Å². The molecule has 2 rings (SSSR count). The van der Waals surface area contributed by atoms with Gasteiger partial charge in [0, 0.05) is 13.1 Å².